The Morgan fingerprint density at radius 2 is 2.00 bits per heavy atom. The summed E-state index contributed by atoms with van der Waals surface area (Å²) in [5.74, 6) is 0.529. The third kappa shape index (κ3) is 4.20. The highest BCUT2D eigenvalue weighted by atomic mass is 16.3. The number of hydrogen-bond donors (Lipinski definition) is 2. The molecule has 3 fully saturated rings. The molecule has 1 aliphatic carbocycles. The van der Waals surface area contributed by atoms with E-state index in [1.165, 1.54) is 6.42 Å². The first-order valence-corrected chi connectivity index (χ1v) is 10.5. The van der Waals surface area contributed by atoms with Gasteiger partial charge >= 0.3 is 0 Å². The Bertz CT molecular complexity index is 686. The van der Waals surface area contributed by atoms with Crippen molar-refractivity contribution in [1.29, 1.82) is 0 Å². The lowest BCUT2D eigenvalue weighted by atomic mass is 9.84. The molecule has 0 bridgehead atoms. The Hall–Kier alpha value is -1.99. The van der Waals surface area contributed by atoms with Gasteiger partial charge < -0.3 is 15.3 Å². The summed E-state index contributed by atoms with van der Waals surface area (Å²) in [6.07, 6.45) is 8.46. The number of piperidine rings is 1. The molecule has 1 aromatic rings. The molecule has 0 unspecified atom stereocenters. The fourth-order valence-corrected chi connectivity index (χ4v) is 4.64. The Labute approximate surface area is 166 Å². The van der Waals surface area contributed by atoms with Crippen molar-refractivity contribution in [3.63, 3.8) is 0 Å². The van der Waals surface area contributed by atoms with Crippen LogP contribution in [0.15, 0.2) is 24.5 Å². The van der Waals surface area contributed by atoms with Gasteiger partial charge in [0.25, 0.3) is 0 Å². The number of nitrogens with zero attached hydrogens (tertiary/aromatic N) is 3. The molecule has 7 heteroatoms. The van der Waals surface area contributed by atoms with Crippen molar-refractivity contribution in [3.8, 4) is 0 Å². The van der Waals surface area contributed by atoms with Gasteiger partial charge in [0, 0.05) is 50.5 Å². The summed E-state index contributed by atoms with van der Waals surface area (Å²) in [5, 5.41) is 13.2. The molecule has 28 heavy (non-hydrogen) atoms. The second-order valence-corrected chi connectivity index (χ2v) is 8.37. The molecule has 2 N–H and O–H groups in total. The molecule has 4 rings (SSSR count). The molecular weight excluding hydrogens is 356 g/mol. The van der Waals surface area contributed by atoms with Crippen LogP contribution in [0.25, 0.3) is 0 Å². The quantitative estimate of drug-likeness (QED) is 0.786. The number of aliphatic hydroxyl groups excluding tert-OH is 1. The van der Waals surface area contributed by atoms with Gasteiger partial charge in [-0.15, -0.1) is 0 Å². The minimum absolute atomic E-state index is 0.0339. The average Bonchev–Trinajstić information content (AvgIpc) is 3.07. The van der Waals surface area contributed by atoms with Crippen LogP contribution in [0.4, 0.5) is 0 Å². The van der Waals surface area contributed by atoms with E-state index in [-0.39, 0.29) is 23.9 Å². The lowest BCUT2D eigenvalue weighted by Gasteiger charge is -2.40. The van der Waals surface area contributed by atoms with Crippen LogP contribution >= 0.6 is 0 Å². The second kappa shape index (κ2) is 8.57. The fourth-order valence-electron chi connectivity index (χ4n) is 4.64. The van der Waals surface area contributed by atoms with Crippen LogP contribution in [0, 0.1) is 5.92 Å². The normalized spacial score (nSPS) is 26.8. The van der Waals surface area contributed by atoms with E-state index in [9.17, 15) is 14.7 Å². The van der Waals surface area contributed by atoms with Gasteiger partial charge in [0.15, 0.2) is 0 Å². The van der Waals surface area contributed by atoms with Gasteiger partial charge in [0.1, 0.15) is 0 Å². The zero-order valence-electron chi connectivity index (χ0n) is 16.3. The van der Waals surface area contributed by atoms with E-state index in [1.54, 1.807) is 12.4 Å². The lowest BCUT2D eigenvalue weighted by Crippen LogP contribution is -2.53. The van der Waals surface area contributed by atoms with Crippen LogP contribution < -0.4 is 5.32 Å². The molecular formula is C21H30N4O3. The molecule has 0 spiro atoms. The van der Waals surface area contributed by atoms with Gasteiger partial charge in [-0.3, -0.25) is 19.5 Å². The van der Waals surface area contributed by atoms with Gasteiger partial charge in [-0.2, -0.15) is 0 Å². The Morgan fingerprint density at radius 1 is 1.21 bits per heavy atom. The SMILES string of the molecule is O=C(NCc1cccnc1)[C@@H]1C[C@@H](O)CN1C1CCN(C(=O)C2CCC2)CC1. The van der Waals surface area contributed by atoms with E-state index >= 15 is 0 Å². The van der Waals surface area contributed by atoms with Crippen LogP contribution in [-0.4, -0.2) is 69.5 Å². The van der Waals surface area contributed by atoms with Crippen molar-refractivity contribution in [2.24, 2.45) is 5.92 Å². The van der Waals surface area contributed by atoms with Crippen LogP contribution in [0.2, 0.25) is 0 Å². The molecule has 7 nitrogen and oxygen atoms in total. The zero-order valence-corrected chi connectivity index (χ0v) is 16.3. The molecule has 1 aromatic heterocycles. The van der Waals surface area contributed by atoms with Gasteiger partial charge in [0.05, 0.1) is 12.1 Å². The van der Waals surface area contributed by atoms with Crippen LogP contribution in [0.5, 0.6) is 0 Å². The third-order valence-corrected chi connectivity index (χ3v) is 6.51. The van der Waals surface area contributed by atoms with Crippen LogP contribution in [-0.2, 0) is 16.1 Å². The molecule has 3 heterocycles. The molecule has 2 aliphatic heterocycles. The number of nitrogens with one attached hydrogen (secondary N) is 1. The molecule has 2 atom stereocenters. The van der Waals surface area contributed by atoms with E-state index in [2.05, 4.69) is 15.2 Å². The summed E-state index contributed by atoms with van der Waals surface area (Å²) in [6.45, 7) is 2.50. The number of rotatable bonds is 5. The van der Waals surface area contributed by atoms with Gasteiger partial charge in [0.2, 0.25) is 11.8 Å². The maximum atomic E-state index is 12.8. The topological polar surface area (TPSA) is 85.8 Å². The number of aliphatic hydroxyl groups is 1. The Kier molecular flexibility index (Phi) is 5.92. The molecule has 3 aliphatic rings. The Morgan fingerprint density at radius 3 is 2.64 bits per heavy atom. The van der Waals surface area contributed by atoms with E-state index in [0.29, 0.717) is 25.4 Å². The van der Waals surface area contributed by atoms with Crippen molar-refractivity contribution in [3.05, 3.63) is 30.1 Å². The largest absolute Gasteiger partial charge is 0.392 e. The summed E-state index contributed by atoms with van der Waals surface area (Å²) < 4.78 is 0. The number of likely N-dealkylation sites (tertiary alicyclic amines) is 2. The summed E-state index contributed by atoms with van der Waals surface area (Å²) >= 11 is 0. The van der Waals surface area contributed by atoms with Gasteiger partial charge in [-0.25, -0.2) is 0 Å². The average molecular weight is 386 g/mol. The molecule has 1 saturated carbocycles. The number of pyridine rings is 1. The number of carbonyl (C=O) groups is 2. The predicted octanol–water partition coefficient (Wildman–Crippen LogP) is 0.924. The first kappa shape index (κ1) is 19.3. The predicted molar refractivity (Wildman–Crippen MR) is 104 cm³/mol. The molecule has 0 radical (unpaired) electrons. The number of amides is 2. The summed E-state index contributed by atoms with van der Waals surface area (Å²) in [7, 11) is 0. The van der Waals surface area contributed by atoms with Crippen molar-refractivity contribution < 1.29 is 14.7 Å². The first-order chi connectivity index (χ1) is 13.6. The lowest BCUT2D eigenvalue weighted by molar-refractivity contribution is -0.140. The number of aromatic nitrogens is 1. The van der Waals surface area contributed by atoms with Crippen LogP contribution in [0.3, 0.4) is 0 Å². The van der Waals surface area contributed by atoms with Crippen molar-refractivity contribution >= 4 is 11.8 Å². The van der Waals surface area contributed by atoms with E-state index in [4.69, 9.17) is 0 Å². The minimum atomic E-state index is -0.469. The summed E-state index contributed by atoms with van der Waals surface area (Å²) in [4.78, 5) is 33.5. The fraction of sp³-hybridized carbons (Fsp3) is 0.667. The van der Waals surface area contributed by atoms with Crippen molar-refractivity contribution in [2.75, 3.05) is 19.6 Å². The van der Waals surface area contributed by atoms with Gasteiger partial charge in [-0.1, -0.05) is 12.5 Å². The maximum absolute atomic E-state index is 12.8. The highest BCUT2D eigenvalue weighted by molar-refractivity contribution is 5.82. The van der Waals surface area contributed by atoms with Crippen molar-refractivity contribution in [1.82, 2.24) is 20.1 Å². The number of β-amino-alcohol motifs (C(OH)–C–C–N with tert-alkyl or cyclic N) is 1. The highest BCUT2D eigenvalue weighted by Crippen LogP contribution is 2.31. The van der Waals surface area contributed by atoms with E-state index in [0.717, 1.165) is 44.3 Å². The molecule has 0 aromatic carbocycles. The third-order valence-electron chi connectivity index (χ3n) is 6.51. The standard InChI is InChI=1S/C21H30N4O3/c26-18-11-19(20(27)23-13-15-3-2-8-22-12-15)25(14-18)17-6-9-24(10-7-17)21(28)16-4-1-5-16/h2-3,8,12,16-19,26H,1,4-7,9-11,13-14H2,(H,23,27)/t18-,19+/m1/s1. The van der Waals surface area contributed by atoms with Crippen molar-refractivity contribution in [2.45, 2.75) is 63.3 Å². The summed E-state index contributed by atoms with van der Waals surface area (Å²) in [5.41, 5.74) is 0.962. The van der Waals surface area contributed by atoms with Crippen LogP contribution in [0.1, 0.15) is 44.1 Å². The second-order valence-electron chi connectivity index (χ2n) is 8.37. The number of hydrogen-bond acceptors (Lipinski definition) is 5. The Balaban J connectivity index is 1.31. The maximum Gasteiger partial charge on any atom is 0.237 e. The van der Waals surface area contributed by atoms with Gasteiger partial charge in [-0.05, 0) is 43.7 Å². The molecule has 152 valence electrons. The monoisotopic (exact) mass is 386 g/mol. The van der Waals surface area contributed by atoms with E-state index in [1.807, 2.05) is 17.0 Å². The van der Waals surface area contributed by atoms with E-state index < -0.39 is 6.10 Å². The first-order valence-electron chi connectivity index (χ1n) is 10.5. The number of carbonyl (C=O) groups excluding carboxylic acids is 2. The smallest absolute Gasteiger partial charge is 0.237 e. The molecule has 2 saturated heterocycles. The zero-order chi connectivity index (χ0) is 19.5. The molecule has 2 amide bonds. The highest BCUT2D eigenvalue weighted by Gasteiger charge is 2.41. The summed E-state index contributed by atoms with van der Waals surface area (Å²) in [6, 6.07) is 3.73. The minimum Gasteiger partial charge on any atom is -0.392 e.